The van der Waals surface area contributed by atoms with E-state index < -0.39 is 40.0 Å². The van der Waals surface area contributed by atoms with Crippen molar-refractivity contribution in [3.63, 3.8) is 0 Å². The van der Waals surface area contributed by atoms with Gasteiger partial charge < -0.3 is 15.7 Å². The largest absolute Gasteiger partial charge is 0.480 e. The number of hydrogen-bond acceptors (Lipinski definition) is 6. The molecule has 0 aliphatic rings. The van der Waals surface area contributed by atoms with Crippen LogP contribution in [0.15, 0.2) is 30.3 Å². The number of hydrogen-bond donors (Lipinski definition) is 5. The molecule has 1 aromatic rings. The van der Waals surface area contributed by atoms with Gasteiger partial charge in [-0.05, 0) is 44.2 Å². The molecular weight excluding hydrogens is 448 g/mol. The van der Waals surface area contributed by atoms with E-state index >= 15 is 0 Å². The van der Waals surface area contributed by atoms with Gasteiger partial charge in [-0.2, -0.15) is 0 Å². The molecule has 5 N–H and O–H groups in total. The van der Waals surface area contributed by atoms with Crippen molar-refractivity contribution in [3.8, 4) is 0 Å². The zero-order valence-corrected chi connectivity index (χ0v) is 20.4. The van der Waals surface area contributed by atoms with Crippen LogP contribution in [0.4, 0.5) is 5.69 Å². The van der Waals surface area contributed by atoms with E-state index in [0.29, 0.717) is 24.9 Å². The number of sulfonamides is 1. The van der Waals surface area contributed by atoms with E-state index in [1.165, 1.54) is 6.92 Å². The number of rotatable bonds is 15. The number of anilines is 1. The average molecular weight is 485 g/mol. The first-order valence-electron chi connectivity index (χ1n) is 11.0. The van der Waals surface area contributed by atoms with Gasteiger partial charge in [0, 0.05) is 12.2 Å². The van der Waals surface area contributed by atoms with E-state index in [0.717, 1.165) is 6.26 Å². The maximum Gasteiger partial charge on any atom is 0.320 e. The van der Waals surface area contributed by atoms with Gasteiger partial charge in [-0.1, -0.05) is 38.5 Å². The van der Waals surface area contributed by atoms with Gasteiger partial charge in [0.2, 0.25) is 21.8 Å². The molecule has 3 atom stereocenters. The molecule has 0 radical (unpaired) electrons. The van der Waals surface area contributed by atoms with Gasteiger partial charge >= 0.3 is 5.97 Å². The molecule has 0 fully saturated rings. The molecule has 0 saturated heterocycles. The topological polar surface area (TPSA) is 154 Å². The Labute approximate surface area is 196 Å². The summed E-state index contributed by atoms with van der Waals surface area (Å²) in [5, 5.41) is 17.6. The number of nitrogens with one attached hydrogen (secondary N) is 4. The van der Waals surface area contributed by atoms with Crippen LogP contribution in [0.25, 0.3) is 0 Å². The molecular formula is C22H36N4O6S. The molecule has 0 spiro atoms. The molecule has 1 aromatic carbocycles. The Morgan fingerprint density at radius 1 is 0.970 bits per heavy atom. The van der Waals surface area contributed by atoms with Crippen LogP contribution in [-0.4, -0.2) is 62.2 Å². The van der Waals surface area contributed by atoms with Crippen LogP contribution in [0, 0.1) is 5.92 Å². The molecule has 2 amide bonds. The number of unbranched alkanes of at least 4 members (excludes halogenated alkanes) is 1. The molecule has 0 unspecified atom stereocenters. The van der Waals surface area contributed by atoms with E-state index in [1.807, 2.05) is 19.9 Å². The van der Waals surface area contributed by atoms with Crippen molar-refractivity contribution >= 4 is 33.5 Å². The zero-order valence-electron chi connectivity index (χ0n) is 19.6. The van der Waals surface area contributed by atoms with Crippen molar-refractivity contribution in [2.45, 2.75) is 64.6 Å². The number of para-hydroxylation sites is 1. The maximum atomic E-state index is 13.0. The second-order valence-corrected chi connectivity index (χ2v) is 10.3. The molecule has 33 heavy (non-hydrogen) atoms. The summed E-state index contributed by atoms with van der Waals surface area (Å²) in [7, 11) is -3.30. The van der Waals surface area contributed by atoms with Crippen LogP contribution < -0.4 is 20.7 Å². The summed E-state index contributed by atoms with van der Waals surface area (Å²) in [5.41, 5.74) is 0.609. The van der Waals surface area contributed by atoms with Crippen LogP contribution in [0.3, 0.4) is 0 Å². The van der Waals surface area contributed by atoms with Crippen LogP contribution >= 0.6 is 0 Å². The van der Waals surface area contributed by atoms with Gasteiger partial charge in [0.15, 0.2) is 0 Å². The second kappa shape index (κ2) is 13.9. The van der Waals surface area contributed by atoms with E-state index in [9.17, 15) is 27.9 Å². The molecule has 0 bridgehead atoms. The number of amides is 2. The Balaban J connectivity index is 2.84. The zero-order chi connectivity index (χ0) is 25.0. The Bertz CT molecular complexity index is 876. The third-order valence-corrected chi connectivity index (χ3v) is 5.53. The minimum absolute atomic E-state index is 0.128. The third-order valence-electron chi connectivity index (χ3n) is 4.80. The van der Waals surface area contributed by atoms with Crippen molar-refractivity contribution in [3.05, 3.63) is 30.3 Å². The summed E-state index contributed by atoms with van der Waals surface area (Å²) in [4.78, 5) is 37.1. The number of carboxylic acids is 1. The van der Waals surface area contributed by atoms with Crippen molar-refractivity contribution < 1.29 is 27.9 Å². The van der Waals surface area contributed by atoms with E-state index in [2.05, 4.69) is 20.7 Å². The summed E-state index contributed by atoms with van der Waals surface area (Å²) < 4.78 is 24.7. The van der Waals surface area contributed by atoms with Gasteiger partial charge in [0.1, 0.15) is 12.1 Å². The normalized spacial score (nSPS) is 14.3. The fraction of sp³-hybridized carbons (Fsp3) is 0.591. The number of carboxylic acid groups (broad SMARTS) is 1. The van der Waals surface area contributed by atoms with Crippen LogP contribution in [0.2, 0.25) is 0 Å². The molecule has 0 heterocycles. The fourth-order valence-corrected chi connectivity index (χ4v) is 3.64. The van der Waals surface area contributed by atoms with E-state index in [4.69, 9.17) is 0 Å². The lowest BCUT2D eigenvalue weighted by Crippen LogP contribution is -2.54. The van der Waals surface area contributed by atoms with Crippen molar-refractivity contribution in [1.29, 1.82) is 0 Å². The highest BCUT2D eigenvalue weighted by molar-refractivity contribution is 7.88. The van der Waals surface area contributed by atoms with E-state index in [-0.39, 0.29) is 24.8 Å². The van der Waals surface area contributed by atoms with Gasteiger partial charge in [0.25, 0.3) is 0 Å². The van der Waals surface area contributed by atoms with Crippen molar-refractivity contribution in [1.82, 2.24) is 15.4 Å². The van der Waals surface area contributed by atoms with Crippen LogP contribution in [0.1, 0.15) is 46.5 Å². The monoisotopic (exact) mass is 484 g/mol. The number of benzene rings is 1. The Kier molecular flexibility index (Phi) is 12.0. The van der Waals surface area contributed by atoms with Gasteiger partial charge in [0.05, 0.1) is 12.3 Å². The third kappa shape index (κ3) is 12.4. The summed E-state index contributed by atoms with van der Waals surface area (Å²) in [5.74, 6) is -1.81. The molecule has 11 heteroatoms. The predicted molar refractivity (Wildman–Crippen MR) is 127 cm³/mol. The molecule has 0 saturated carbocycles. The second-order valence-electron chi connectivity index (χ2n) is 8.49. The molecule has 1 rings (SSSR count). The Morgan fingerprint density at radius 2 is 1.61 bits per heavy atom. The summed E-state index contributed by atoms with van der Waals surface area (Å²) in [6, 6.07) is 6.27. The fourth-order valence-electron chi connectivity index (χ4n) is 3.12. The Hall–Kier alpha value is -2.50. The lowest BCUT2D eigenvalue weighted by atomic mass is 10.0. The average Bonchev–Trinajstić information content (AvgIpc) is 2.71. The molecule has 186 valence electrons. The highest BCUT2D eigenvalue weighted by Gasteiger charge is 2.28. The van der Waals surface area contributed by atoms with Crippen LogP contribution in [-0.2, 0) is 24.4 Å². The SMILES string of the molecule is CC(C)C[C@H](NC(=O)[C@H](CCCCNS(C)(=O)=O)N[C@H](C)C(=O)O)C(=O)Nc1ccccc1. The minimum Gasteiger partial charge on any atom is -0.480 e. The molecule has 10 nitrogen and oxygen atoms in total. The summed E-state index contributed by atoms with van der Waals surface area (Å²) >= 11 is 0. The smallest absolute Gasteiger partial charge is 0.320 e. The standard InChI is InChI=1S/C22H36N4O6S/c1-15(2)14-19(21(28)25-17-10-6-5-7-11-17)26-20(27)18(24-16(3)22(29)30)12-8-9-13-23-33(4,31)32/h5-7,10-11,15-16,18-19,23-24H,8-9,12-14H2,1-4H3,(H,25,28)(H,26,27)(H,29,30)/t16-,18+,19+/m1/s1. The Morgan fingerprint density at radius 3 is 2.15 bits per heavy atom. The van der Waals surface area contributed by atoms with Gasteiger partial charge in [-0.25, -0.2) is 13.1 Å². The lowest BCUT2D eigenvalue weighted by molar-refractivity contribution is -0.139. The molecule has 0 aromatic heterocycles. The quantitative estimate of drug-likeness (QED) is 0.235. The summed E-state index contributed by atoms with van der Waals surface area (Å²) in [6.07, 6.45) is 2.71. The number of carbonyl (C=O) groups is 3. The van der Waals surface area contributed by atoms with Gasteiger partial charge in [-0.3, -0.25) is 19.7 Å². The van der Waals surface area contributed by atoms with E-state index in [1.54, 1.807) is 24.3 Å². The first kappa shape index (κ1) is 28.5. The molecule has 0 aliphatic heterocycles. The van der Waals surface area contributed by atoms with Crippen LogP contribution in [0.5, 0.6) is 0 Å². The highest BCUT2D eigenvalue weighted by atomic mass is 32.2. The number of aliphatic carboxylic acids is 1. The maximum absolute atomic E-state index is 13.0. The van der Waals surface area contributed by atoms with Gasteiger partial charge in [-0.15, -0.1) is 0 Å². The predicted octanol–water partition coefficient (Wildman–Crippen LogP) is 1.31. The highest BCUT2D eigenvalue weighted by Crippen LogP contribution is 2.11. The first-order chi connectivity index (χ1) is 15.4. The number of carbonyl (C=O) groups excluding carboxylic acids is 2. The van der Waals surface area contributed by atoms with Crippen molar-refractivity contribution in [2.75, 3.05) is 18.1 Å². The van der Waals surface area contributed by atoms with Crippen molar-refractivity contribution in [2.24, 2.45) is 5.92 Å². The lowest BCUT2D eigenvalue weighted by Gasteiger charge is -2.25. The summed E-state index contributed by atoms with van der Waals surface area (Å²) in [6.45, 7) is 5.52. The molecule has 0 aliphatic carbocycles. The first-order valence-corrected chi connectivity index (χ1v) is 12.9. The minimum atomic E-state index is -3.30.